The van der Waals surface area contributed by atoms with Crippen LogP contribution in [0.15, 0.2) is 167 Å². The Bertz CT molecular complexity index is 2480. The summed E-state index contributed by atoms with van der Waals surface area (Å²) in [5, 5.41) is 4.28. The van der Waals surface area contributed by atoms with Gasteiger partial charge in [-0.15, -0.1) is 0 Å². The van der Waals surface area contributed by atoms with Crippen LogP contribution in [0.2, 0.25) is 0 Å². The molecule has 0 spiro atoms. The topological polar surface area (TPSA) is 42.4 Å². The zero-order chi connectivity index (χ0) is 29.7. The standard InChI is InChI=1S/C41H26N2O2/c1-3-10-27(11-4-1)28-18-21-31(22-19-28)43(32-23-24-34-33-15-7-8-17-37(33)44-38(34)26-32)36-16-9-14-29-20-25-35-40(39(29)36)45-41(42-35)30-12-5-2-6-13-30/h1-26H. The van der Waals surface area contributed by atoms with Gasteiger partial charge in [0, 0.05) is 33.8 Å². The number of benzene rings is 7. The van der Waals surface area contributed by atoms with Crippen molar-refractivity contribution in [2.75, 3.05) is 4.90 Å². The van der Waals surface area contributed by atoms with Crippen LogP contribution in [0, 0.1) is 0 Å². The van der Waals surface area contributed by atoms with Crippen LogP contribution in [0.1, 0.15) is 0 Å². The summed E-state index contributed by atoms with van der Waals surface area (Å²) in [6.07, 6.45) is 0. The Labute approximate surface area is 259 Å². The molecule has 2 heterocycles. The Morgan fingerprint density at radius 2 is 1.16 bits per heavy atom. The van der Waals surface area contributed by atoms with Crippen LogP contribution in [-0.4, -0.2) is 4.98 Å². The molecule has 0 amide bonds. The van der Waals surface area contributed by atoms with Gasteiger partial charge in [-0.3, -0.25) is 0 Å². The van der Waals surface area contributed by atoms with Crippen LogP contribution >= 0.6 is 0 Å². The molecule has 9 rings (SSSR count). The number of fused-ring (bicyclic) bond motifs is 6. The van der Waals surface area contributed by atoms with Crippen LogP contribution in [-0.2, 0) is 0 Å². The minimum Gasteiger partial charge on any atom is -0.456 e. The van der Waals surface area contributed by atoms with Crippen LogP contribution in [0.4, 0.5) is 17.1 Å². The summed E-state index contributed by atoms with van der Waals surface area (Å²) in [7, 11) is 0. The quantitative estimate of drug-likeness (QED) is 0.204. The van der Waals surface area contributed by atoms with E-state index in [1.807, 2.05) is 60.7 Å². The van der Waals surface area contributed by atoms with Gasteiger partial charge >= 0.3 is 0 Å². The van der Waals surface area contributed by atoms with Gasteiger partial charge in [-0.1, -0.05) is 97.1 Å². The van der Waals surface area contributed by atoms with Crippen molar-refractivity contribution >= 4 is 60.9 Å². The van der Waals surface area contributed by atoms with Crippen LogP contribution in [0.25, 0.3) is 66.4 Å². The number of hydrogen-bond donors (Lipinski definition) is 0. The highest BCUT2D eigenvalue weighted by molar-refractivity contribution is 6.13. The van der Waals surface area contributed by atoms with Crippen LogP contribution < -0.4 is 4.90 Å². The summed E-state index contributed by atoms with van der Waals surface area (Å²) in [5.41, 5.74) is 9.61. The first-order valence-corrected chi connectivity index (χ1v) is 15.0. The van der Waals surface area contributed by atoms with Crippen molar-refractivity contribution in [3.05, 3.63) is 158 Å². The molecule has 0 atom stereocenters. The molecule has 0 aliphatic rings. The summed E-state index contributed by atoms with van der Waals surface area (Å²) < 4.78 is 12.9. The third-order valence-electron chi connectivity index (χ3n) is 8.49. The first-order chi connectivity index (χ1) is 22.3. The number of hydrogen-bond acceptors (Lipinski definition) is 4. The Balaban J connectivity index is 1.28. The zero-order valence-corrected chi connectivity index (χ0v) is 24.2. The number of oxazole rings is 1. The lowest BCUT2D eigenvalue weighted by atomic mass is 10.0. The molecule has 45 heavy (non-hydrogen) atoms. The molecule has 7 aromatic carbocycles. The highest BCUT2D eigenvalue weighted by atomic mass is 16.3. The van der Waals surface area contributed by atoms with Crippen molar-refractivity contribution in [3.8, 4) is 22.6 Å². The average Bonchev–Trinajstić information content (AvgIpc) is 3.71. The fourth-order valence-electron chi connectivity index (χ4n) is 6.34. The second-order valence-electron chi connectivity index (χ2n) is 11.2. The van der Waals surface area contributed by atoms with Crippen molar-refractivity contribution in [2.24, 2.45) is 0 Å². The van der Waals surface area contributed by atoms with Gasteiger partial charge in [-0.2, -0.15) is 0 Å². The van der Waals surface area contributed by atoms with Gasteiger partial charge < -0.3 is 13.7 Å². The first kappa shape index (κ1) is 25.4. The lowest BCUT2D eigenvalue weighted by molar-refractivity contribution is 0.623. The maximum Gasteiger partial charge on any atom is 0.227 e. The predicted molar refractivity (Wildman–Crippen MR) is 184 cm³/mol. The molecule has 0 aliphatic heterocycles. The van der Waals surface area contributed by atoms with Gasteiger partial charge in [0.05, 0.1) is 11.1 Å². The van der Waals surface area contributed by atoms with E-state index in [4.69, 9.17) is 13.8 Å². The molecule has 212 valence electrons. The molecule has 4 nitrogen and oxygen atoms in total. The van der Waals surface area contributed by atoms with E-state index in [1.54, 1.807) is 0 Å². The van der Waals surface area contributed by atoms with Gasteiger partial charge in [0.15, 0.2) is 5.58 Å². The first-order valence-electron chi connectivity index (χ1n) is 15.0. The van der Waals surface area contributed by atoms with Crippen molar-refractivity contribution < 1.29 is 8.83 Å². The number of furan rings is 1. The number of anilines is 3. The molecular formula is C41H26N2O2. The highest BCUT2D eigenvalue weighted by Crippen LogP contribution is 2.44. The number of para-hydroxylation sites is 1. The highest BCUT2D eigenvalue weighted by Gasteiger charge is 2.21. The summed E-state index contributed by atoms with van der Waals surface area (Å²) in [4.78, 5) is 7.17. The average molecular weight is 579 g/mol. The van der Waals surface area contributed by atoms with Gasteiger partial charge in [-0.25, -0.2) is 4.98 Å². The van der Waals surface area contributed by atoms with E-state index in [0.29, 0.717) is 5.89 Å². The molecule has 0 bridgehead atoms. The van der Waals surface area contributed by atoms with Crippen molar-refractivity contribution in [3.63, 3.8) is 0 Å². The van der Waals surface area contributed by atoms with E-state index in [9.17, 15) is 0 Å². The fourth-order valence-corrected chi connectivity index (χ4v) is 6.34. The van der Waals surface area contributed by atoms with Crippen molar-refractivity contribution in [1.82, 2.24) is 4.98 Å². The van der Waals surface area contributed by atoms with Crippen LogP contribution in [0.5, 0.6) is 0 Å². The molecule has 0 N–H and O–H groups in total. The molecule has 0 saturated carbocycles. The summed E-state index contributed by atoms with van der Waals surface area (Å²) in [6.45, 7) is 0. The van der Waals surface area contributed by atoms with E-state index in [2.05, 4.69) is 102 Å². The maximum atomic E-state index is 6.56. The smallest absolute Gasteiger partial charge is 0.227 e. The summed E-state index contributed by atoms with van der Waals surface area (Å²) in [5.74, 6) is 0.607. The van der Waals surface area contributed by atoms with E-state index in [0.717, 1.165) is 72.0 Å². The molecule has 0 radical (unpaired) electrons. The second kappa shape index (κ2) is 10.2. The van der Waals surface area contributed by atoms with Crippen LogP contribution in [0.3, 0.4) is 0 Å². The predicted octanol–water partition coefficient (Wildman–Crippen LogP) is 11.7. The van der Waals surface area contributed by atoms with Crippen molar-refractivity contribution in [1.29, 1.82) is 0 Å². The Morgan fingerprint density at radius 1 is 0.467 bits per heavy atom. The SMILES string of the molecule is c1ccc(-c2ccc(N(c3ccc4c(c3)oc3ccccc34)c3cccc4ccc5nc(-c6ccccc6)oc5c34)cc2)cc1. The molecule has 9 aromatic rings. The Kier molecular flexibility index (Phi) is 5.78. The third kappa shape index (κ3) is 4.27. The maximum absolute atomic E-state index is 6.56. The fraction of sp³-hybridized carbons (Fsp3) is 0. The minimum absolute atomic E-state index is 0.607. The zero-order valence-electron chi connectivity index (χ0n) is 24.2. The van der Waals surface area contributed by atoms with E-state index in [1.165, 1.54) is 5.56 Å². The molecule has 0 unspecified atom stereocenters. The van der Waals surface area contributed by atoms with Crippen molar-refractivity contribution in [2.45, 2.75) is 0 Å². The summed E-state index contributed by atoms with van der Waals surface area (Å²) in [6, 6.07) is 54.4. The van der Waals surface area contributed by atoms with E-state index < -0.39 is 0 Å². The van der Waals surface area contributed by atoms with Gasteiger partial charge in [0.2, 0.25) is 5.89 Å². The molecular weight excluding hydrogens is 552 g/mol. The molecule has 0 saturated heterocycles. The van der Waals surface area contributed by atoms with Gasteiger partial charge in [0.25, 0.3) is 0 Å². The summed E-state index contributed by atoms with van der Waals surface area (Å²) >= 11 is 0. The Morgan fingerprint density at radius 3 is 1.98 bits per heavy atom. The van der Waals surface area contributed by atoms with E-state index >= 15 is 0 Å². The third-order valence-corrected chi connectivity index (χ3v) is 8.49. The van der Waals surface area contributed by atoms with E-state index in [-0.39, 0.29) is 0 Å². The second-order valence-corrected chi connectivity index (χ2v) is 11.2. The molecule has 2 aromatic heterocycles. The number of nitrogens with zero attached hydrogens (tertiary/aromatic N) is 2. The van der Waals surface area contributed by atoms with Gasteiger partial charge in [-0.05, 0) is 71.1 Å². The molecule has 4 heteroatoms. The largest absolute Gasteiger partial charge is 0.456 e. The monoisotopic (exact) mass is 578 g/mol. The van der Waals surface area contributed by atoms with Gasteiger partial charge in [0.1, 0.15) is 16.7 Å². The lowest BCUT2D eigenvalue weighted by Crippen LogP contribution is -2.10. The minimum atomic E-state index is 0.607. The Hall–Kier alpha value is -6.13. The molecule has 0 aliphatic carbocycles. The molecule has 0 fully saturated rings. The lowest BCUT2D eigenvalue weighted by Gasteiger charge is -2.27. The number of aromatic nitrogens is 1. The normalized spacial score (nSPS) is 11.6. The number of rotatable bonds is 5.